The lowest BCUT2D eigenvalue weighted by molar-refractivity contribution is 0.557. The van der Waals surface area contributed by atoms with Crippen LogP contribution in [0.3, 0.4) is 0 Å². The second-order valence-corrected chi connectivity index (χ2v) is 3.90. The van der Waals surface area contributed by atoms with Crippen LogP contribution in [0, 0.1) is 0 Å². The first kappa shape index (κ1) is 12.5. The van der Waals surface area contributed by atoms with Crippen molar-refractivity contribution in [2.75, 3.05) is 14.1 Å². The summed E-state index contributed by atoms with van der Waals surface area (Å²) in [6.07, 6.45) is 14.0. The largest absolute Gasteiger partial charge is 0.384 e. The zero-order chi connectivity index (χ0) is 9.94. The van der Waals surface area contributed by atoms with E-state index < -0.39 is 0 Å². The molecule has 0 saturated heterocycles. The van der Waals surface area contributed by atoms with Crippen LogP contribution in [0.25, 0.3) is 0 Å². The highest BCUT2D eigenvalue weighted by molar-refractivity contribution is 4.78. The Morgan fingerprint density at radius 1 is 0.923 bits per heavy atom. The normalized spacial score (nSPS) is 11.0. The molecule has 0 N–H and O–H groups in total. The number of rotatable bonds is 8. The van der Waals surface area contributed by atoms with Crippen LogP contribution in [0.2, 0.25) is 0 Å². The molecule has 0 amide bonds. The van der Waals surface area contributed by atoms with Gasteiger partial charge in [0.2, 0.25) is 0 Å². The molecule has 0 aromatic rings. The Bertz CT molecular complexity index is 116. The van der Waals surface area contributed by atoms with Gasteiger partial charge in [-0.15, -0.1) is 0 Å². The minimum absolute atomic E-state index is 1.24. The van der Waals surface area contributed by atoms with Gasteiger partial charge >= 0.3 is 0 Å². The van der Waals surface area contributed by atoms with E-state index in [1.807, 2.05) is 0 Å². The Morgan fingerprint density at radius 2 is 1.54 bits per heavy atom. The molecule has 0 bridgehead atoms. The molecule has 1 nitrogen and oxygen atoms in total. The predicted octanol–water partition coefficient (Wildman–Crippen LogP) is 3.81. The van der Waals surface area contributed by atoms with E-state index in [1.165, 1.54) is 44.9 Å². The second kappa shape index (κ2) is 9.63. The molecule has 0 aliphatic rings. The Labute approximate surface area is 83.8 Å². The van der Waals surface area contributed by atoms with Crippen molar-refractivity contribution in [3.05, 3.63) is 12.3 Å². The first-order valence-electron chi connectivity index (χ1n) is 5.60. The molecule has 0 atom stereocenters. The van der Waals surface area contributed by atoms with E-state index in [4.69, 9.17) is 0 Å². The van der Waals surface area contributed by atoms with Crippen LogP contribution in [-0.4, -0.2) is 19.0 Å². The number of unbranched alkanes of at least 4 members (excludes halogenated alkanes) is 6. The lowest BCUT2D eigenvalue weighted by Gasteiger charge is -2.02. The number of allylic oxidation sites excluding steroid dienone is 1. The van der Waals surface area contributed by atoms with Crippen molar-refractivity contribution in [2.45, 2.75) is 51.9 Å². The fourth-order valence-corrected chi connectivity index (χ4v) is 1.33. The topological polar surface area (TPSA) is 3.24 Å². The molecule has 0 heterocycles. The maximum Gasteiger partial charge on any atom is 0.00555 e. The van der Waals surface area contributed by atoms with Gasteiger partial charge in [-0.25, -0.2) is 0 Å². The third-order valence-corrected chi connectivity index (χ3v) is 2.13. The van der Waals surface area contributed by atoms with Crippen molar-refractivity contribution in [1.82, 2.24) is 4.90 Å². The van der Waals surface area contributed by atoms with Crippen LogP contribution in [0.4, 0.5) is 0 Å². The molecule has 0 saturated carbocycles. The van der Waals surface area contributed by atoms with Crippen LogP contribution in [0.1, 0.15) is 51.9 Å². The van der Waals surface area contributed by atoms with E-state index in [9.17, 15) is 0 Å². The summed E-state index contributed by atoms with van der Waals surface area (Å²) in [5.74, 6) is 0. The Kier molecular flexibility index (Phi) is 9.29. The molecule has 0 aliphatic carbocycles. The monoisotopic (exact) mass is 183 g/mol. The third kappa shape index (κ3) is 11.5. The van der Waals surface area contributed by atoms with E-state index in [2.05, 4.69) is 38.2 Å². The van der Waals surface area contributed by atoms with Gasteiger partial charge in [0.25, 0.3) is 0 Å². The summed E-state index contributed by atoms with van der Waals surface area (Å²) in [6, 6.07) is 0. The summed E-state index contributed by atoms with van der Waals surface area (Å²) in [7, 11) is 4.13. The van der Waals surface area contributed by atoms with Gasteiger partial charge < -0.3 is 4.90 Å². The van der Waals surface area contributed by atoms with E-state index in [0.29, 0.717) is 0 Å². The van der Waals surface area contributed by atoms with Gasteiger partial charge in [-0.05, 0) is 19.0 Å². The summed E-state index contributed by atoms with van der Waals surface area (Å²) in [6.45, 7) is 2.26. The van der Waals surface area contributed by atoms with Crippen LogP contribution in [-0.2, 0) is 0 Å². The number of hydrogen-bond donors (Lipinski definition) is 0. The van der Waals surface area contributed by atoms with E-state index in [-0.39, 0.29) is 0 Å². The maximum atomic E-state index is 2.26. The van der Waals surface area contributed by atoms with Gasteiger partial charge in [0, 0.05) is 14.1 Å². The molecule has 0 aromatic carbocycles. The predicted molar refractivity (Wildman–Crippen MR) is 60.8 cm³/mol. The average molecular weight is 183 g/mol. The zero-order valence-electron chi connectivity index (χ0n) is 9.55. The van der Waals surface area contributed by atoms with Crippen molar-refractivity contribution in [3.8, 4) is 0 Å². The molecule has 0 rings (SSSR count). The van der Waals surface area contributed by atoms with Gasteiger partial charge in [0.1, 0.15) is 0 Å². The van der Waals surface area contributed by atoms with Gasteiger partial charge in [-0.3, -0.25) is 0 Å². The van der Waals surface area contributed by atoms with Gasteiger partial charge in [0.15, 0.2) is 0 Å². The lowest BCUT2D eigenvalue weighted by atomic mass is 10.1. The van der Waals surface area contributed by atoms with Crippen LogP contribution >= 0.6 is 0 Å². The van der Waals surface area contributed by atoms with E-state index in [1.54, 1.807) is 0 Å². The first-order chi connectivity index (χ1) is 6.27. The minimum Gasteiger partial charge on any atom is -0.384 e. The SMILES string of the molecule is CCCCCCCC/C=C\N(C)C. The van der Waals surface area contributed by atoms with Gasteiger partial charge in [-0.2, -0.15) is 0 Å². The highest BCUT2D eigenvalue weighted by atomic mass is 15.0. The average Bonchev–Trinajstić information content (AvgIpc) is 2.09. The Morgan fingerprint density at radius 3 is 2.15 bits per heavy atom. The van der Waals surface area contributed by atoms with Crippen LogP contribution in [0.5, 0.6) is 0 Å². The van der Waals surface area contributed by atoms with Crippen molar-refractivity contribution >= 4 is 0 Å². The smallest absolute Gasteiger partial charge is 0.00555 e. The highest BCUT2D eigenvalue weighted by Gasteiger charge is 1.87. The molecule has 13 heavy (non-hydrogen) atoms. The van der Waals surface area contributed by atoms with Crippen molar-refractivity contribution < 1.29 is 0 Å². The summed E-state index contributed by atoms with van der Waals surface area (Å²) in [5, 5.41) is 0. The molecule has 0 radical (unpaired) electrons. The molecular weight excluding hydrogens is 158 g/mol. The highest BCUT2D eigenvalue weighted by Crippen LogP contribution is 2.06. The summed E-state index contributed by atoms with van der Waals surface area (Å²) in [4.78, 5) is 2.09. The third-order valence-electron chi connectivity index (χ3n) is 2.13. The molecule has 0 aromatic heterocycles. The zero-order valence-corrected chi connectivity index (χ0v) is 9.55. The standard InChI is InChI=1S/C12H25N/c1-4-5-6-7-8-9-10-11-12-13(2)3/h11-12H,4-10H2,1-3H3/b12-11-. The fourth-order valence-electron chi connectivity index (χ4n) is 1.33. The maximum absolute atomic E-state index is 2.26. The molecular formula is C12H25N. The number of hydrogen-bond acceptors (Lipinski definition) is 1. The summed E-state index contributed by atoms with van der Waals surface area (Å²) >= 11 is 0. The molecule has 78 valence electrons. The van der Waals surface area contributed by atoms with Crippen molar-refractivity contribution in [1.29, 1.82) is 0 Å². The quantitative estimate of drug-likeness (QED) is 0.517. The lowest BCUT2D eigenvalue weighted by Crippen LogP contribution is -1.99. The van der Waals surface area contributed by atoms with Gasteiger partial charge in [-0.1, -0.05) is 45.1 Å². The minimum atomic E-state index is 1.24. The molecule has 1 heteroatoms. The molecule has 0 unspecified atom stereocenters. The van der Waals surface area contributed by atoms with Crippen LogP contribution < -0.4 is 0 Å². The van der Waals surface area contributed by atoms with Crippen LogP contribution in [0.15, 0.2) is 12.3 Å². The van der Waals surface area contributed by atoms with Gasteiger partial charge in [0.05, 0.1) is 0 Å². The van der Waals surface area contributed by atoms with Crippen molar-refractivity contribution in [2.24, 2.45) is 0 Å². The molecule has 0 fully saturated rings. The summed E-state index contributed by atoms with van der Waals surface area (Å²) < 4.78 is 0. The van der Waals surface area contributed by atoms with E-state index >= 15 is 0 Å². The second-order valence-electron chi connectivity index (χ2n) is 3.90. The summed E-state index contributed by atoms with van der Waals surface area (Å²) in [5.41, 5.74) is 0. The Hall–Kier alpha value is -0.460. The van der Waals surface area contributed by atoms with E-state index in [0.717, 1.165) is 0 Å². The number of nitrogens with zero attached hydrogens (tertiary/aromatic N) is 1. The Balaban J connectivity index is 2.99. The first-order valence-corrected chi connectivity index (χ1v) is 5.60. The fraction of sp³-hybridized carbons (Fsp3) is 0.833. The molecule has 0 aliphatic heterocycles. The molecule has 0 spiro atoms. The van der Waals surface area contributed by atoms with Crippen molar-refractivity contribution in [3.63, 3.8) is 0 Å².